The van der Waals surface area contributed by atoms with Crippen molar-refractivity contribution in [1.29, 1.82) is 0 Å². The summed E-state index contributed by atoms with van der Waals surface area (Å²) in [5.41, 5.74) is 2.69. The number of nitrogens with zero attached hydrogens (tertiary/aromatic N) is 1. The lowest BCUT2D eigenvalue weighted by atomic mass is 10.1. The smallest absolute Gasteiger partial charge is 0.223 e. The molecule has 1 rings (SSSR count). The highest BCUT2D eigenvalue weighted by atomic mass is 16.2. The van der Waals surface area contributed by atoms with Crippen molar-refractivity contribution in [3.05, 3.63) is 35.4 Å². The largest absolute Gasteiger partial charge is 0.345 e. The van der Waals surface area contributed by atoms with E-state index in [9.17, 15) is 4.79 Å². The Hall–Kier alpha value is -1.35. The summed E-state index contributed by atoms with van der Waals surface area (Å²) in [6, 6.07) is 8.75. The first-order valence-corrected chi connectivity index (χ1v) is 7.13. The summed E-state index contributed by atoms with van der Waals surface area (Å²) in [5.74, 6) is 0.206. The van der Waals surface area contributed by atoms with E-state index in [0.29, 0.717) is 6.42 Å². The Bertz CT molecular complexity index is 373. The van der Waals surface area contributed by atoms with Gasteiger partial charge in [-0.2, -0.15) is 0 Å². The van der Waals surface area contributed by atoms with Gasteiger partial charge in [-0.3, -0.25) is 4.79 Å². The van der Waals surface area contributed by atoms with Gasteiger partial charge in [0, 0.05) is 26.6 Å². The quantitative estimate of drug-likeness (QED) is 0.779. The molecule has 0 saturated carbocycles. The van der Waals surface area contributed by atoms with Gasteiger partial charge in [-0.05, 0) is 31.0 Å². The Balaban J connectivity index is 2.37. The number of benzene rings is 1. The van der Waals surface area contributed by atoms with Crippen LogP contribution in [0.5, 0.6) is 0 Å². The standard InChI is InChI=1S/C16H26N2O/c1-4-5-14-6-8-15(9-7-14)11-13-18(3)16(19)10-12-17-2/h6-9,17H,4-5,10-13H2,1-3H3. The van der Waals surface area contributed by atoms with Crippen molar-refractivity contribution in [1.82, 2.24) is 10.2 Å². The Kier molecular flexibility index (Phi) is 7.19. The molecule has 0 bridgehead atoms. The number of hydrogen-bond acceptors (Lipinski definition) is 2. The maximum Gasteiger partial charge on any atom is 0.223 e. The molecule has 0 aromatic heterocycles. The maximum absolute atomic E-state index is 11.7. The second kappa shape index (κ2) is 8.70. The van der Waals surface area contributed by atoms with Crippen molar-refractivity contribution in [2.24, 2.45) is 0 Å². The zero-order valence-corrected chi connectivity index (χ0v) is 12.4. The van der Waals surface area contributed by atoms with Crippen LogP contribution in [0.15, 0.2) is 24.3 Å². The van der Waals surface area contributed by atoms with Crippen LogP contribution < -0.4 is 5.32 Å². The lowest BCUT2D eigenvalue weighted by molar-refractivity contribution is -0.129. The molecule has 0 atom stereocenters. The highest BCUT2D eigenvalue weighted by Crippen LogP contribution is 2.08. The van der Waals surface area contributed by atoms with E-state index < -0.39 is 0 Å². The van der Waals surface area contributed by atoms with Gasteiger partial charge in [0.2, 0.25) is 5.91 Å². The normalized spacial score (nSPS) is 10.5. The Morgan fingerprint density at radius 2 is 1.74 bits per heavy atom. The third-order valence-electron chi connectivity index (χ3n) is 3.31. The fourth-order valence-corrected chi connectivity index (χ4v) is 2.01. The van der Waals surface area contributed by atoms with Crippen LogP contribution in [0.4, 0.5) is 0 Å². The third-order valence-corrected chi connectivity index (χ3v) is 3.31. The molecule has 106 valence electrons. The predicted molar refractivity (Wildman–Crippen MR) is 80.3 cm³/mol. The van der Waals surface area contributed by atoms with Crippen molar-refractivity contribution in [3.63, 3.8) is 0 Å². The molecule has 0 aliphatic carbocycles. The van der Waals surface area contributed by atoms with Crippen LogP contribution >= 0.6 is 0 Å². The van der Waals surface area contributed by atoms with E-state index in [1.807, 2.05) is 19.0 Å². The van der Waals surface area contributed by atoms with Crippen LogP contribution in [0.3, 0.4) is 0 Å². The van der Waals surface area contributed by atoms with E-state index in [-0.39, 0.29) is 5.91 Å². The fourth-order valence-electron chi connectivity index (χ4n) is 2.01. The zero-order chi connectivity index (χ0) is 14.1. The highest BCUT2D eigenvalue weighted by Gasteiger charge is 2.07. The molecule has 1 aromatic carbocycles. The van der Waals surface area contributed by atoms with Gasteiger partial charge in [0.15, 0.2) is 0 Å². The molecule has 0 heterocycles. The second-order valence-electron chi connectivity index (χ2n) is 4.99. The van der Waals surface area contributed by atoms with Gasteiger partial charge in [-0.1, -0.05) is 37.6 Å². The van der Waals surface area contributed by atoms with Gasteiger partial charge in [-0.25, -0.2) is 0 Å². The van der Waals surface area contributed by atoms with Gasteiger partial charge < -0.3 is 10.2 Å². The van der Waals surface area contributed by atoms with Crippen molar-refractivity contribution >= 4 is 5.91 Å². The molecule has 1 N–H and O–H groups in total. The molecule has 1 amide bonds. The highest BCUT2D eigenvalue weighted by molar-refractivity contribution is 5.76. The first kappa shape index (κ1) is 15.7. The van der Waals surface area contributed by atoms with Crippen LogP contribution in [0.1, 0.15) is 30.9 Å². The van der Waals surface area contributed by atoms with Crippen LogP contribution in [0.25, 0.3) is 0 Å². The van der Waals surface area contributed by atoms with Gasteiger partial charge in [-0.15, -0.1) is 0 Å². The molecule has 0 aliphatic rings. The van der Waals surface area contributed by atoms with Crippen molar-refractivity contribution in [3.8, 4) is 0 Å². The molecular weight excluding hydrogens is 236 g/mol. The Morgan fingerprint density at radius 3 is 2.26 bits per heavy atom. The van der Waals surface area contributed by atoms with E-state index in [2.05, 4.69) is 36.5 Å². The Morgan fingerprint density at radius 1 is 1.16 bits per heavy atom. The second-order valence-corrected chi connectivity index (χ2v) is 4.99. The average molecular weight is 262 g/mol. The number of amides is 1. The van der Waals surface area contributed by atoms with E-state index in [4.69, 9.17) is 0 Å². The average Bonchev–Trinajstić information content (AvgIpc) is 2.44. The number of hydrogen-bond donors (Lipinski definition) is 1. The molecule has 3 nitrogen and oxygen atoms in total. The van der Waals surface area contributed by atoms with E-state index in [1.165, 1.54) is 17.5 Å². The van der Waals surface area contributed by atoms with Gasteiger partial charge in [0.05, 0.1) is 0 Å². The lowest BCUT2D eigenvalue weighted by Crippen LogP contribution is -2.30. The minimum atomic E-state index is 0.206. The summed E-state index contributed by atoms with van der Waals surface area (Å²) in [7, 11) is 3.74. The number of carbonyl (C=O) groups is 1. The molecule has 0 spiro atoms. The molecular formula is C16H26N2O. The molecule has 0 fully saturated rings. The van der Waals surface area contributed by atoms with Gasteiger partial charge in [0.1, 0.15) is 0 Å². The Labute approximate surface area is 117 Å². The number of nitrogens with one attached hydrogen (secondary N) is 1. The van der Waals surface area contributed by atoms with E-state index in [1.54, 1.807) is 0 Å². The summed E-state index contributed by atoms with van der Waals surface area (Å²) in [6.07, 6.45) is 3.82. The minimum absolute atomic E-state index is 0.206. The SMILES string of the molecule is CCCc1ccc(CCN(C)C(=O)CCNC)cc1. The van der Waals surface area contributed by atoms with E-state index in [0.717, 1.165) is 25.9 Å². The summed E-state index contributed by atoms with van der Waals surface area (Å²) in [4.78, 5) is 13.6. The first-order chi connectivity index (χ1) is 9.17. The number of likely N-dealkylation sites (N-methyl/N-ethyl adjacent to an activating group) is 1. The molecule has 0 saturated heterocycles. The van der Waals surface area contributed by atoms with E-state index >= 15 is 0 Å². The molecule has 0 radical (unpaired) electrons. The predicted octanol–water partition coefficient (Wildman–Crippen LogP) is 2.25. The fraction of sp³-hybridized carbons (Fsp3) is 0.562. The van der Waals surface area contributed by atoms with Crippen LogP contribution in [0.2, 0.25) is 0 Å². The number of carbonyl (C=O) groups excluding carboxylic acids is 1. The van der Waals surface area contributed by atoms with Crippen molar-refractivity contribution in [2.75, 3.05) is 27.2 Å². The summed E-state index contributed by atoms with van der Waals surface area (Å²) in [5, 5.41) is 3.00. The topological polar surface area (TPSA) is 32.3 Å². The maximum atomic E-state index is 11.7. The molecule has 19 heavy (non-hydrogen) atoms. The third kappa shape index (κ3) is 5.88. The summed E-state index contributed by atoms with van der Waals surface area (Å²) < 4.78 is 0. The van der Waals surface area contributed by atoms with Crippen molar-refractivity contribution < 1.29 is 4.79 Å². The van der Waals surface area contributed by atoms with Gasteiger partial charge >= 0.3 is 0 Å². The first-order valence-electron chi connectivity index (χ1n) is 7.13. The monoisotopic (exact) mass is 262 g/mol. The molecule has 1 aromatic rings. The summed E-state index contributed by atoms with van der Waals surface area (Å²) >= 11 is 0. The van der Waals surface area contributed by atoms with Crippen LogP contribution in [-0.2, 0) is 17.6 Å². The molecule has 0 unspecified atom stereocenters. The van der Waals surface area contributed by atoms with Gasteiger partial charge in [0.25, 0.3) is 0 Å². The van der Waals surface area contributed by atoms with Crippen LogP contribution in [0, 0.1) is 0 Å². The molecule has 3 heteroatoms. The number of aryl methyl sites for hydroxylation is 1. The lowest BCUT2D eigenvalue weighted by Gasteiger charge is -2.17. The molecule has 0 aliphatic heterocycles. The zero-order valence-electron chi connectivity index (χ0n) is 12.4. The minimum Gasteiger partial charge on any atom is -0.345 e. The van der Waals surface area contributed by atoms with Crippen LogP contribution in [-0.4, -0.2) is 38.0 Å². The summed E-state index contributed by atoms with van der Waals surface area (Å²) in [6.45, 7) is 3.73. The van der Waals surface area contributed by atoms with Crippen molar-refractivity contribution in [2.45, 2.75) is 32.6 Å². The number of rotatable bonds is 8.